The van der Waals surface area contributed by atoms with Gasteiger partial charge in [0.2, 0.25) is 11.8 Å². The van der Waals surface area contributed by atoms with E-state index in [0.717, 1.165) is 95.3 Å². The Labute approximate surface area is 356 Å². The monoisotopic (exact) mass is 852 g/mol. The first kappa shape index (κ1) is 39.4. The van der Waals surface area contributed by atoms with Crippen molar-refractivity contribution in [1.29, 1.82) is 0 Å². The Morgan fingerprint density at radius 2 is 1.85 bits per heavy atom. The van der Waals surface area contributed by atoms with Crippen LogP contribution >= 0.6 is 0 Å². The Morgan fingerprint density at radius 1 is 1.03 bits per heavy atom. The first-order valence-electron chi connectivity index (χ1n) is 22.1. The molecule has 8 heterocycles. The molecule has 326 valence electrons. The maximum atomic E-state index is 14.3. The number of hydrogen-bond acceptors (Lipinski definition) is 11. The molecular weight excluding hydrogens is 803 g/mol. The predicted molar refractivity (Wildman–Crippen MR) is 219 cm³/mol. The van der Waals surface area contributed by atoms with Gasteiger partial charge in [0.1, 0.15) is 23.2 Å². The fraction of sp³-hybridized carbons (Fsp3) is 0.568. The second kappa shape index (κ2) is 15.4. The van der Waals surface area contributed by atoms with Crippen LogP contribution in [0.25, 0.3) is 5.65 Å². The largest absolute Gasteiger partial charge is 0.490 e. The minimum atomic E-state index is -2.85. The van der Waals surface area contributed by atoms with Crippen LogP contribution in [0.4, 0.5) is 20.3 Å². The number of morpholine rings is 1. The molecule has 1 unspecified atom stereocenters. The molecular formula is C44H50F2N10O6. The smallest absolute Gasteiger partial charge is 0.284 e. The van der Waals surface area contributed by atoms with E-state index >= 15 is 0 Å². The van der Waals surface area contributed by atoms with Crippen LogP contribution in [0.2, 0.25) is 0 Å². The molecule has 2 aliphatic carbocycles. The lowest BCUT2D eigenvalue weighted by molar-refractivity contribution is -0.136. The van der Waals surface area contributed by atoms with Gasteiger partial charge >= 0.3 is 0 Å². The lowest BCUT2D eigenvalue weighted by Crippen LogP contribution is -2.52. The van der Waals surface area contributed by atoms with Crippen molar-refractivity contribution < 1.29 is 37.4 Å². The number of fused-ring (bicyclic) bond motifs is 4. The third-order valence-electron chi connectivity index (χ3n) is 14.8. The quantitative estimate of drug-likeness (QED) is 0.208. The summed E-state index contributed by atoms with van der Waals surface area (Å²) in [6.07, 6.45) is 11.4. The normalized spacial score (nSPS) is 27.3. The first-order valence-corrected chi connectivity index (χ1v) is 22.1. The summed E-state index contributed by atoms with van der Waals surface area (Å²) in [6, 6.07) is 6.95. The van der Waals surface area contributed by atoms with Crippen molar-refractivity contribution in [3.8, 4) is 5.75 Å². The predicted octanol–water partition coefficient (Wildman–Crippen LogP) is 4.91. The van der Waals surface area contributed by atoms with Crippen molar-refractivity contribution in [3.05, 3.63) is 65.2 Å². The highest BCUT2D eigenvalue weighted by Crippen LogP contribution is 2.51. The number of ether oxygens (including phenoxy) is 2. The molecule has 6 fully saturated rings. The highest BCUT2D eigenvalue weighted by atomic mass is 19.3. The van der Waals surface area contributed by atoms with Gasteiger partial charge in [0.05, 0.1) is 49.3 Å². The van der Waals surface area contributed by atoms with Crippen LogP contribution < -0.4 is 20.3 Å². The summed E-state index contributed by atoms with van der Waals surface area (Å²) in [5, 5.41) is 13.7. The van der Waals surface area contributed by atoms with Crippen LogP contribution in [0.5, 0.6) is 5.75 Å². The summed E-state index contributed by atoms with van der Waals surface area (Å²) in [4.78, 5) is 62.1. The fourth-order valence-electron chi connectivity index (χ4n) is 11.3. The Morgan fingerprint density at radius 3 is 2.60 bits per heavy atom. The topological polar surface area (TPSA) is 169 Å². The Hall–Kier alpha value is -5.49. The molecule has 18 heteroatoms. The Balaban J connectivity index is 0.656. The number of piperidine rings is 2. The average molecular weight is 853 g/mol. The highest BCUT2D eigenvalue weighted by molar-refractivity contribution is 6.08. The number of alkyl halides is 2. The van der Waals surface area contributed by atoms with Gasteiger partial charge in [-0.1, -0.05) is 6.07 Å². The van der Waals surface area contributed by atoms with Gasteiger partial charge in [-0.15, -0.1) is 0 Å². The number of imide groups is 1. The molecule has 3 atom stereocenters. The van der Waals surface area contributed by atoms with Crippen LogP contribution in [0, 0.1) is 11.3 Å². The molecule has 11 rings (SSSR count). The molecule has 1 spiro atoms. The number of anilines is 2. The van der Waals surface area contributed by atoms with Crippen molar-refractivity contribution >= 4 is 40.8 Å². The van der Waals surface area contributed by atoms with Crippen molar-refractivity contribution in [2.75, 3.05) is 43.0 Å². The second-order valence-corrected chi connectivity index (χ2v) is 18.6. The zero-order valence-electron chi connectivity index (χ0n) is 34.4. The third kappa shape index (κ3) is 7.08. The number of nitrogens with one attached hydrogen (secondary N) is 2. The molecule has 62 heavy (non-hydrogen) atoms. The zero-order valence-corrected chi connectivity index (χ0v) is 34.4. The van der Waals surface area contributed by atoms with Crippen LogP contribution in [0.1, 0.15) is 115 Å². The number of amides is 4. The molecule has 1 aromatic carbocycles. The number of likely N-dealkylation sites (tertiary alicyclic amines) is 1. The summed E-state index contributed by atoms with van der Waals surface area (Å²) >= 11 is 0. The average Bonchev–Trinajstić information content (AvgIpc) is 4.11. The minimum Gasteiger partial charge on any atom is -0.490 e. The SMILES string of the molecule is O=C1CCC(N2Cc3c(OC4CC5(CCN(C[C@H]6CC[C@H](n7cc(NC(=O)c8cnn9ccc(N%10C[C@H]%11C[C@@H]%10CO%11)nc89)c(C(F)F)n7)CC6)CC5)C4)cccc3C2=O)C(=O)N1. The van der Waals surface area contributed by atoms with E-state index in [2.05, 4.69) is 30.6 Å². The van der Waals surface area contributed by atoms with Gasteiger partial charge in [0.25, 0.3) is 18.2 Å². The number of nitrogens with zero attached hydrogens (tertiary/aromatic N) is 8. The van der Waals surface area contributed by atoms with Gasteiger partial charge in [-0.25, -0.2) is 18.3 Å². The summed E-state index contributed by atoms with van der Waals surface area (Å²) < 4.78 is 44.0. The molecule has 4 amide bonds. The van der Waals surface area contributed by atoms with Gasteiger partial charge in [0, 0.05) is 43.0 Å². The standard InChI is InChI=1S/C44H50F2N10O6/c45-39(46)38-33(48-41(58)31-19-47-55-13-10-36(49-40(31)55)53-21-28-16-27(53)24-61-28)23-56(51-38)26-6-4-25(5-7-26)20-52-14-11-44(12-15-52)17-29(18-44)62-35-3-1-2-30-32(35)22-54(43(30)60)34-8-9-37(57)50-42(34)59/h1-3,10,13,19,23,25-29,34,39H,4-9,11-12,14-18,20-22,24H2,(H,48,58)(H,50,57,59)/t25-,26-,27-,28-,34?/m1/s1. The minimum absolute atomic E-state index is 0.00159. The molecule has 2 N–H and O–H groups in total. The molecule has 16 nitrogen and oxygen atoms in total. The van der Waals surface area contributed by atoms with Crippen molar-refractivity contribution in [2.45, 2.75) is 114 Å². The molecule has 4 saturated heterocycles. The summed E-state index contributed by atoms with van der Waals surface area (Å²) in [6.45, 7) is 4.75. The van der Waals surface area contributed by atoms with E-state index in [1.54, 1.807) is 28.0 Å². The van der Waals surface area contributed by atoms with Crippen molar-refractivity contribution in [3.63, 3.8) is 0 Å². The lowest BCUT2D eigenvalue weighted by Gasteiger charge is -2.52. The van der Waals surface area contributed by atoms with Gasteiger partial charge in [0.15, 0.2) is 11.3 Å². The molecule has 3 aromatic heterocycles. The molecule has 7 aliphatic rings. The molecule has 4 aromatic rings. The summed E-state index contributed by atoms with van der Waals surface area (Å²) in [5.74, 6) is 0.468. The fourth-order valence-corrected chi connectivity index (χ4v) is 11.3. The number of hydrogen-bond donors (Lipinski definition) is 2. The maximum Gasteiger partial charge on any atom is 0.284 e. The van der Waals surface area contributed by atoms with Gasteiger partial charge in [-0.2, -0.15) is 10.2 Å². The van der Waals surface area contributed by atoms with Gasteiger partial charge in [-0.05, 0) is 107 Å². The van der Waals surface area contributed by atoms with E-state index in [0.29, 0.717) is 42.5 Å². The Kier molecular flexibility index (Phi) is 9.77. The van der Waals surface area contributed by atoms with E-state index < -0.39 is 30.0 Å². The number of carbonyl (C=O) groups is 4. The number of benzene rings is 1. The first-order chi connectivity index (χ1) is 30.1. The Bertz CT molecular complexity index is 2430. The number of carbonyl (C=O) groups excluding carboxylic acids is 4. The molecule has 2 bridgehead atoms. The van der Waals surface area contributed by atoms with Crippen molar-refractivity contribution in [1.82, 2.24) is 39.5 Å². The van der Waals surface area contributed by atoms with Crippen molar-refractivity contribution in [2.24, 2.45) is 11.3 Å². The van der Waals surface area contributed by atoms with E-state index in [1.807, 2.05) is 18.2 Å². The number of halogens is 2. The summed E-state index contributed by atoms with van der Waals surface area (Å²) in [7, 11) is 0. The van der Waals surface area contributed by atoms with E-state index in [1.165, 1.54) is 10.7 Å². The lowest BCUT2D eigenvalue weighted by atomic mass is 9.61. The zero-order chi connectivity index (χ0) is 42.3. The molecule has 5 aliphatic heterocycles. The summed E-state index contributed by atoms with van der Waals surface area (Å²) in [5.41, 5.74) is 1.75. The number of aromatic nitrogens is 5. The highest BCUT2D eigenvalue weighted by Gasteiger charge is 2.48. The van der Waals surface area contributed by atoms with Gasteiger partial charge in [-0.3, -0.25) is 29.2 Å². The van der Waals surface area contributed by atoms with Crippen LogP contribution in [-0.2, 0) is 20.9 Å². The van der Waals surface area contributed by atoms with Crippen LogP contribution in [0.3, 0.4) is 0 Å². The van der Waals surface area contributed by atoms with E-state index in [4.69, 9.17) is 14.5 Å². The van der Waals surface area contributed by atoms with Crippen LogP contribution in [0.15, 0.2) is 42.9 Å². The van der Waals surface area contributed by atoms with Gasteiger partial charge < -0.3 is 29.5 Å². The number of rotatable bonds is 10. The molecule has 0 radical (unpaired) electrons. The van der Waals surface area contributed by atoms with E-state index in [9.17, 15) is 28.0 Å². The van der Waals surface area contributed by atoms with Crippen LogP contribution in [-0.4, -0.2) is 115 Å². The molecule has 2 saturated carbocycles. The second-order valence-electron chi connectivity index (χ2n) is 18.6. The third-order valence-corrected chi connectivity index (χ3v) is 14.8. The van der Waals surface area contributed by atoms with E-state index in [-0.39, 0.29) is 59.2 Å². The maximum absolute atomic E-state index is 14.3.